The molecule has 0 heterocycles. The van der Waals surface area contributed by atoms with Gasteiger partial charge in [-0.1, -0.05) is 0 Å². The quantitative estimate of drug-likeness (QED) is 0.448. The van der Waals surface area contributed by atoms with Gasteiger partial charge in [-0.15, -0.1) is 0 Å². The highest BCUT2D eigenvalue weighted by Crippen LogP contribution is 2.33. The van der Waals surface area contributed by atoms with Gasteiger partial charge in [0.25, 0.3) is 20.0 Å². The molecule has 3 rings (SSSR count). The van der Waals surface area contributed by atoms with Crippen molar-refractivity contribution in [3.05, 3.63) is 66.2 Å². The van der Waals surface area contributed by atoms with Crippen molar-refractivity contribution in [2.75, 3.05) is 30.8 Å². The van der Waals surface area contributed by atoms with Gasteiger partial charge in [0.1, 0.15) is 33.8 Å². The van der Waals surface area contributed by atoms with Crippen molar-refractivity contribution in [3.63, 3.8) is 0 Å². The molecule has 13 heteroatoms. The van der Waals surface area contributed by atoms with Gasteiger partial charge in [-0.2, -0.15) is 0 Å². The van der Waals surface area contributed by atoms with Crippen molar-refractivity contribution in [2.24, 2.45) is 0 Å². The Labute approximate surface area is 195 Å². The van der Waals surface area contributed by atoms with Crippen LogP contribution in [0, 0.1) is 11.6 Å². The molecule has 0 bridgehead atoms. The minimum absolute atomic E-state index is 0.0348. The third-order valence-corrected chi connectivity index (χ3v) is 7.30. The molecule has 2 N–H and O–H groups in total. The fraction of sp³-hybridized carbons (Fsp3) is 0.143. The molecular weight excluding hydrogens is 494 g/mol. The second-order valence-corrected chi connectivity index (χ2v) is 10.0. The molecule has 3 aromatic rings. The zero-order chi connectivity index (χ0) is 25.1. The summed E-state index contributed by atoms with van der Waals surface area (Å²) in [6.45, 7) is 0. The molecule has 3 aromatic carbocycles. The highest BCUT2D eigenvalue weighted by molar-refractivity contribution is 7.93. The van der Waals surface area contributed by atoms with Gasteiger partial charge in [0, 0.05) is 12.1 Å². The SMILES string of the molecule is COc1ccc(F)cc1NS(=O)(=O)c1ccc(OC)c(S(=O)(=O)Nc2cc(F)ccc2OC)c1. The molecule has 0 fully saturated rings. The molecule has 0 radical (unpaired) electrons. The van der Waals surface area contributed by atoms with Crippen LogP contribution >= 0.6 is 0 Å². The summed E-state index contributed by atoms with van der Waals surface area (Å²) in [6, 6.07) is 9.52. The number of hydrogen-bond acceptors (Lipinski definition) is 7. The van der Waals surface area contributed by atoms with Crippen LogP contribution in [0.2, 0.25) is 0 Å². The molecule has 0 atom stereocenters. The van der Waals surface area contributed by atoms with Crippen LogP contribution in [-0.2, 0) is 20.0 Å². The molecule has 0 aliphatic heterocycles. The Balaban J connectivity index is 2.05. The molecule has 0 aliphatic rings. The van der Waals surface area contributed by atoms with Crippen molar-refractivity contribution >= 4 is 31.4 Å². The van der Waals surface area contributed by atoms with E-state index in [-0.39, 0.29) is 28.6 Å². The summed E-state index contributed by atoms with van der Waals surface area (Å²) in [7, 11) is -5.13. The van der Waals surface area contributed by atoms with Crippen LogP contribution < -0.4 is 23.7 Å². The third kappa shape index (κ3) is 5.31. The molecule has 182 valence electrons. The summed E-state index contributed by atoms with van der Waals surface area (Å²) >= 11 is 0. The molecule has 0 aromatic heterocycles. The largest absolute Gasteiger partial charge is 0.495 e. The Kier molecular flexibility index (Phi) is 7.17. The third-order valence-electron chi connectivity index (χ3n) is 4.55. The van der Waals surface area contributed by atoms with Crippen molar-refractivity contribution in [2.45, 2.75) is 9.79 Å². The lowest BCUT2D eigenvalue weighted by Crippen LogP contribution is -2.18. The number of hydrogen-bond donors (Lipinski definition) is 2. The van der Waals surface area contributed by atoms with Gasteiger partial charge >= 0.3 is 0 Å². The summed E-state index contributed by atoms with van der Waals surface area (Å²) in [5.74, 6) is -1.54. The van der Waals surface area contributed by atoms with Crippen LogP contribution in [0.25, 0.3) is 0 Å². The van der Waals surface area contributed by atoms with Crippen molar-refractivity contribution in [1.82, 2.24) is 0 Å². The normalized spacial score (nSPS) is 11.6. The van der Waals surface area contributed by atoms with Crippen molar-refractivity contribution < 1.29 is 39.8 Å². The molecule has 34 heavy (non-hydrogen) atoms. The number of halogens is 2. The van der Waals surface area contributed by atoms with E-state index in [1.54, 1.807) is 0 Å². The first kappa shape index (κ1) is 25.1. The fourth-order valence-electron chi connectivity index (χ4n) is 2.96. The first-order valence-electron chi connectivity index (χ1n) is 9.41. The van der Waals surface area contributed by atoms with Crippen molar-refractivity contribution in [3.8, 4) is 17.2 Å². The van der Waals surface area contributed by atoms with Gasteiger partial charge < -0.3 is 14.2 Å². The molecule has 9 nitrogen and oxygen atoms in total. The lowest BCUT2D eigenvalue weighted by atomic mass is 10.3. The number of ether oxygens (including phenoxy) is 3. The van der Waals surface area contributed by atoms with Gasteiger partial charge in [0.05, 0.1) is 37.6 Å². The Morgan fingerprint density at radius 3 is 1.53 bits per heavy atom. The highest BCUT2D eigenvalue weighted by atomic mass is 32.2. The molecule has 0 aliphatic carbocycles. The number of anilines is 2. The van der Waals surface area contributed by atoms with E-state index in [0.29, 0.717) is 0 Å². The molecule has 0 saturated heterocycles. The van der Waals surface area contributed by atoms with E-state index in [0.717, 1.165) is 42.5 Å². The van der Waals surface area contributed by atoms with Crippen molar-refractivity contribution in [1.29, 1.82) is 0 Å². The number of benzene rings is 3. The number of nitrogens with one attached hydrogen (secondary N) is 2. The second kappa shape index (κ2) is 9.73. The van der Waals surface area contributed by atoms with Crippen LogP contribution in [-0.4, -0.2) is 38.2 Å². The Morgan fingerprint density at radius 2 is 1.06 bits per heavy atom. The predicted molar refractivity (Wildman–Crippen MR) is 121 cm³/mol. The Bertz CT molecular complexity index is 1430. The molecule has 0 amide bonds. The molecule has 0 saturated carbocycles. The zero-order valence-corrected chi connectivity index (χ0v) is 19.8. The summed E-state index contributed by atoms with van der Waals surface area (Å²) in [6.07, 6.45) is 0. The van der Waals surface area contributed by atoms with E-state index < -0.39 is 41.5 Å². The van der Waals surface area contributed by atoms with Gasteiger partial charge in [0.15, 0.2) is 0 Å². The lowest BCUT2D eigenvalue weighted by molar-refractivity contribution is 0.402. The van der Waals surface area contributed by atoms with Gasteiger partial charge in [-0.25, -0.2) is 25.6 Å². The van der Waals surface area contributed by atoms with E-state index in [9.17, 15) is 25.6 Å². The van der Waals surface area contributed by atoms with Crippen LogP contribution in [0.15, 0.2) is 64.4 Å². The van der Waals surface area contributed by atoms with Gasteiger partial charge in [-0.05, 0) is 42.5 Å². The van der Waals surface area contributed by atoms with E-state index >= 15 is 0 Å². The first-order valence-corrected chi connectivity index (χ1v) is 12.4. The summed E-state index contributed by atoms with van der Waals surface area (Å²) in [4.78, 5) is -1.01. The molecule has 0 spiro atoms. The smallest absolute Gasteiger partial charge is 0.265 e. The minimum Gasteiger partial charge on any atom is -0.495 e. The first-order chi connectivity index (χ1) is 16.0. The van der Waals surface area contributed by atoms with Gasteiger partial charge in [0.2, 0.25) is 0 Å². The zero-order valence-electron chi connectivity index (χ0n) is 18.1. The van der Waals surface area contributed by atoms with Gasteiger partial charge in [-0.3, -0.25) is 9.44 Å². The van der Waals surface area contributed by atoms with Crippen LogP contribution in [0.3, 0.4) is 0 Å². The lowest BCUT2D eigenvalue weighted by Gasteiger charge is -2.16. The Morgan fingerprint density at radius 1 is 0.618 bits per heavy atom. The summed E-state index contributed by atoms with van der Waals surface area (Å²) in [5.41, 5.74) is -0.397. The molecule has 0 unspecified atom stereocenters. The maximum absolute atomic E-state index is 13.7. The summed E-state index contributed by atoms with van der Waals surface area (Å²) in [5, 5.41) is 0. The predicted octanol–water partition coefficient (Wildman–Crippen LogP) is 3.59. The average molecular weight is 515 g/mol. The standard InChI is InChI=1S/C21H20F2N2O7S2/c1-30-18-7-4-13(22)10-16(18)24-33(26,27)15-6-9-20(32-3)21(12-15)34(28,29)25-17-11-14(23)5-8-19(17)31-2/h4-12,24-25H,1-3H3. The van der Waals surface area contributed by atoms with Crippen LogP contribution in [0.1, 0.15) is 0 Å². The topological polar surface area (TPSA) is 120 Å². The van der Waals surface area contributed by atoms with E-state index in [1.807, 2.05) is 0 Å². The minimum atomic E-state index is -4.48. The summed E-state index contributed by atoms with van der Waals surface area (Å²) < 4.78 is 98.9. The van der Waals surface area contributed by atoms with E-state index in [2.05, 4.69) is 9.44 Å². The average Bonchev–Trinajstić information content (AvgIpc) is 2.78. The maximum atomic E-state index is 13.7. The number of rotatable bonds is 9. The fourth-order valence-corrected chi connectivity index (χ4v) is 5.38. The van der Waals surface area contributed by atoms with E-state index in [1.165, 1.54) is 33.5 Å². The van der Waals surface area contributed by atoms with Crippen LogP contribution in [0.5, 0.6) is 17.2 Å². The Hall–Kier alpha value is -3.58. The highest BCUT2D eigenvalue weighted by Gasteiger charge is 2.26. The number of sulfonamides is 2. The maximum Gasteiger partial charge on any atom is 0.265 e. The number of methoxy groups -OCH3 is 3. The molecular formula is C21H20F2N2O7S2. The second-order valence-electron chi connectivity index (χ2n) is 6.71. The van der Waals surface area contributed by atoms with Crippen LogP contribution in [0.4, 0.5) is 20.2 Å². The van der Waals surface area contributed by atoms with E-state index in [4.69, 9.17) is 14.2 Å². The monoisotopic (exact) mass is 514 g/mol.